The average molecular weight is 459 g/mol. The Morgan fingerprint density at radius 2 is 1.79 bits per heavy atom. The standard InChI is InChI=1S/C28H30N2O4/c1-32-25-8-3-2-6-23(25)22-12-9-20(10-13-22)18-30-15-5-4-7-24(30)28(31)29-17-21-11-14-26-27(16-21)34-19-33-26/h2-3,6,8-14,16,24H,4-5,7,15,17-19H2,1H3,(H,29,31). The number of nitrogens with one attached hydrogen (secondary N) is 1. The van der Waals surface area contributed by atoms with E-state index in [4.69, 9.17) is 14.2 Å². The molecule has 2 aliphatic heterocycles. The molecule has 0 spiro atoms. The van der Waals surface area contributed by atoms with Crippen molar-refractivity contribution >= 4 is 5.91 Å². The zero-order valence-electron chi connectivity index (χ0n) is 19.5. The van der Waals surface area contributed by atoms with E-state index in [0.717, 1.165) is 66.3 Å². The molecule has 3 aromatic rings. The first-order valence-corrected chi connectivity index (χ1v) is 11.8. The summed E-state index contributed by atoms with van der Waals surface area (Å²) in [4.78, 5) is 15.4. The fourth-order valence-electron chi connectivity index (χ4n) is 4.74. The van der Waals surface area contributed by atoms with Crippen LogP contribution < -0.4 is 19.5 Å². The van der Waals surface area contributed by atoms with Crippen molar-refractivity contribution in [3.8, 4) is 28.4 Å². The first-order valence-electron chi connectivity index (χ1n) is 11.8. The van der Waals surface area contributed by atoms with Crippen molar-refractivity contribution in [1.29, 1.82) is 0 Å². The van der Waals surface area contributed by atoms with Crippen LogP contribution in [0.5, 0.6) is 17.2 Å². The minimum Gasteiger partial charge on any atom is -0.496 e. The highest BCUT2D eigenvalue weighted by Crippen LogP contribution is 2.33. The summed E-state index contributed by atoms with van der Waals surface area (Å²) in [5.41, 5.74) is 4.41. The maximum atomic E-state index is 13.1. The highest BCUT2D eigenvalue weighted by molar-refractivity contribution is 5.81. The molecule has 176 valence electrons. The summed E-state index contributed by atoms with van der Waals surface area (Å²) < 4.78 is 16.3. The van der Waals surface area contributed by atoms with E-state index in [2.05, 4.69) is 40.5 Å². The zero-order valence-corrected chi connectivity index (χ0v) is 19.5. The molecule has 1 unspecified atom stereocenters. The van der Waals surface area contributed by atoms with Gasteiger partial charge in [0.15, 0.2) is 11.5 Å². The Hall–Kier alpha value is -3.51. The van der Waals surface area contributed by atoms with Crippen LogP contribution >= 0.6 is 0 Å². The number of rotatable bonds is 7. The first-order chi connectivity index (χ1) is 16.7. The fourth-order valence-corrected chi connectivity index (χ4v) is 4.74. The molecule has 1 saturated heterocycles. The number of hydrogen-bond acceptors (Lipinski definition) is 5. The molecule has 1 N–H and O–H groups in total. The molecule has 2 aliphatic rings. The largest absolute Gasteiger partial charge is 0.496 e. The van der Waals surface area contributed by atoms with Crippen LogP contribution in [0.4, 0.5) is 0 Å². The number of likely N-dealkylation sites (tertiary alicyclic amines) is 1. The SMILES string of the molecule is COc1ccccc1-c1ccc(CN2CCCCC2C(=O)NCc2ccc3c(c2)OCO3)cc1. The van der Waals surface area contributed by atoms with E-state index in [1.165, 1.54) is 5.56 Å². The third kappa shape index (κ3) is 4.87. The van der Waals surface area contributed by atoms with Gasteiger partial charge in [0.1, 0.15) is 5.75 Å². The minimum absolute atomic E-state index is 0.0861. The molecular weight excluding hydrogens is 428 g/mol. The lowest BCUT2D eigenvalue weighted by molar-refractivity contribution is -0.128. The average Bonchev–Trinajstić information content (AvgIpc) is 3.36. The molecular formula is C28H30N2O4. The number of benzene rings is 3. The van der Waals surface area contributed by atoms with Gasteiger partial charge in [-0.3, -0.25) is 9.69 Å². The van der Waals surface area contributed by atoms with Gasteiger partial charge in [0, 0.05) is 18.7 Å². The van der Waals surface area contributed by atoms with Crippen LogP contribution in [-0.4, -0.2) is 37.3 Å². The molecule has 2 heterocycles. The van der Waals surface area contributed by atoms with Gasteiger partial charge in [-0.2, -0.15) is 0 Å². The Labute approximate surface area is 200 Å². The van der Waals surface area contributed by atoms with E-state index < -0.39 is 0 Å². The number of methoxy groups -OCH3 is 1. The van der Waals surface area contributed by atoms with Gasteiger partial charge in [-0.1, -0.05) is 55.0 Å². The van der Waals surface area contributed by atoms with Gasteiger partial charge in [0.05, 0.1) is 13.2 Å². The van der Waals surface area contributed by atoms with Gasteiger partial charge < -0.3 is 19.5 Å². The number of hydrogen-bond donors (Lipinski definition) is 1. The number of ether oxygens (including phenoxy) is 3. The van der Waals surface area contributed by atoms with Gasteiger partial charge in [0.2, 0.25) is 12.7 Å². The highest BCUT2D eigenvalue weighted by atomic mass is 16.7. The molecule has 0 bridgehead atoms. The molecule has 1 atom stereocenters. The predicted octanol–water partition coefficient (Wildman–Crippen LogP) is 4.76. The lowest BCUT2D eigenvalue weighted by Crippen LogP contribution is -2.48. The van der Waals surface area contributed by atoms with Crippen molar-refractivity contribution in [2.45, 2.75) is 38.4 Å². The van der Waals surface area contributed by atoms with Crippen molar-refractivity contribution in [3.63, 3.8) is 0 Å². The predicted molar refractivity (Wildman–Crippen MR) is 131 cm³/mol. The van der Waals surface area contributed by atoms with E-state index in [9.17, 15) is 4.79 Å². The van der Waals surface area contributed by atoms with Crippen LogP contribution in [0, 0.1) is 0 Å². The van der Waals surface area contributed by atoms with E-state index >= 15 is 0 Å². The third-order valence-corrected chi connectivity index (χ3v) is 6.58. The molecule has 0 saturated carbocycles. The summed E-state index contributed by atoms with van der Waals surface area (Å²) in [5.74, 6) is 2.45. The van der Waals surface area contributed by atoms with Gasteiger partial charge in [-0.15, -0.1) is 0 Å². The van der Waals surface area contributed by atoms with E-state index in [1.807, 2.05) is 36.4 Å². The van der Waals surface area contributed by atoms with Crippen LogP contribution in [0.1, 0.15) is 30.4 Å². The molecule has 1 fully saturated rings. The third-order valence-electron chi connectivity index (χ3n) is 6.58. The first kappa shape index (κ1) is 22.3. The normalized spacial score (nSPS) is 17.4. The van der Waals surface area contributed by atoms with Crippen molar-refractivity contribution in [2.75, 3.05) is 20.4 Å². The quantitative estimate of drug-likeness (QED) is 0.553. The van der Waals surface area contributed by atoms with Gasteiger partial charge in [0.25, 0.3) is 0 Å². The maximum Gasteiger partial charge on any atom is 0.237 e. The summed E-state index contributed by atoms with van der Waals surface area (Å²) >= 11 is 0. The fraction of sp³-hybridized carbons (Fsp3) is 0.321. The molecule has 3 aromatic carbocycles. The smallest absolute Gasteiger partial charge is 0.237 e. The summed E-state index contributed by atoms with van der Waals surface area (Å²) in [5, 5.41) is 3.13. The lowest BCUT2D eigenvalue weighted by Gasteiger charge is -2.34. The molecule has 6 nitrogen and oxygen atoms in total. The zero-order chi connectivity index (χ0) is 23.3. The van der Waals surface area contributed by atoms with Crippen LogP contribution in [0.15, 0.2) is 66.7 Å². The van der Waals surface area contributed by atoms with E-state index in [1.54, 1.807) is 7.11 Å². The lowest BCUT2D eigenvalue weighted by atomic mass is 9.99. The number of carbonyl (C=O) groups excluding carboxylic acids is 1. The highest BCUT2D eigenvalue weighted by Gasteiger charge is 2.28. The summed E-state index contributed by atoms with van der Waals surface area (Å²) in [7, 11) is 1.70. The summed E-state index contributed by atoms with van der Waals surface area (Å²) in [6.45, 7) is 2.42. The number of fused-ring (bicyclic) bond motifs is 1. The Morgan fingerprint density at radius 3 is 2.65 bits per heavy atom. The van der Waals surface area contributed by atoms with Crippen molar-refractivity contribution < 1.29 is 19.0 Å². The Bertz CT molecular complexity index is 1150. The number of nitrogens with zero attached hydrogens (tertiary/aromatic N) is 1. The van der Waals surface area contributed by atoms with Crippen molar-refractivity contribution in [1.82, 2.24) is 10.2 Å². The minimum atomic E-state index is -0.114. The second-order valence-electron chi connectivity index (χ2n) is 8.78. The molecule has 6 heteroatoms. The molecule has 5 rings (SSSR count). The van der Waals surface area contributed by atoms with Gasteiger partial charge in [-0.05, 0) is 54.3 Å². The topological polar surface area (TPSA) is 60.0 Å². The maximum absolute atomic E-state index is 13.1. The number of carbonyl (C=O) groups is 1. The summed E-state index contributed by atoms with van der Waals surface area (Å²) in [6, 6.07) is 22.3. The molecule has 34 heavy (non-hydrogen) atoms. The summed E-state index contributed by atoms with van der Waals surface area (Å²) in [6.07, 6.45) is 3.07. The number of para-hydroxylation sites is 1. The van der Waals surface area contributed by atoms with Crippen LogP contribution in [-0.2, 0) is 17.9 Å². The van der Waals surface area contributed by atoms with Crippen molar-refractivity contribution in [3.05, 3.63) is 77.9 Å². The van der Waals surface area contributed by atoms with E-state index in [0.29, 0.717) is 6.54 Å². The number of piperidine rings is 1. The monoisotopic (exact) mass is 458 g/mol. The van der Waals surface area contributed by atoms with Gasteiger partial charge in [-0.25, -0.2) is 0 Å². The van der Waals surface area contributed by atoms with Crippen molar-refractivity contribution in [2.24, 2.45) is 0 Å². The van der Waals surface area contributed by atoms with Gasteiger partial charge >= 0.3 is 0 Å². The molecule has 1 amide bonds. The Kier molecular flexibility index (Phi) is 6.67. The van der Waals surface area contributed by atoms with Crippen LogP contribution in [0.25, 0.3) is 11.1 Å². The van der Waals surface area contributed by atoms with Crippen LogP contribution in [0.3, 0.4) is 0 Å². The molecule has 0 aromatic heterocycles. The number of amides is 1. The Balaban J connectivity index is 1.22. The van der Waals surface area contributed by atoms with Crippen LogP contribution in [0.2, 0.25) is 0 Å². The molecule has 0 radical (unpaired) electrons. The second-order valence-corrected chi connectivity index (χ2v) is 8.78. The molecule has 0 aliphatic carbocycles. The second kappa shape index (κ2) is 10.2. The van der Waals surface area contributed by atoms with E-state index in [-0.39, 0.29) is 18.7 Å². The Morgan fingerprint density at radius 1 is 1.00 bits per heavy atom.